The third-order valence-corrected chi connectivity index (χ3v) is 4.62. The van der Waals surface area contributed by atoms with Gasteiger partial charge in [0.05, 0.1) is 5.57 Å². The Balaban J connectivity index is 1.79. The smallest absolute Gasteiger partial charge is 0.255 e. The molecule has 0 bridgehead atoms. The van der Waals surface area contributed by atoms with Gasteiger partial charge in [0.1, 0.15) is 18.1 Å². The Labute approximate surface area is 156 Å². The Bertz CT molecular complexity index is 1050. The first-order valence-electron chi connectivity index (χ1n) is 8.58. The second-order valence-electron chi connectivity index (χ2n) is 6.46. The summed E-state index contributed by atoms with van der Waals surface area (Å²) in [4.78, 5) is 17.4. The van der Waals surface area contributed by atoms with E-state index in [9.17, 15) is 9.90 Å². The van der Waals surface area contributed by atoms with Gasteiger partial charge in [0, 0.05) is 11.4 Å². The molecule has 3 aromatic rings. The van der Waals surface area contributed by atoms with E-state index in [1.165, 1.54) is 6.33 Å². The van der Waals surface area contributed by atoms with Crippen molar-refractivity contribution >= 4 is 17.5 Å². The number of allylic oxidation sites excluding steroid dienone is 1. The van der Waals surface area contributed by atoms with Crippen LogP contribution in [0, 0.1) is 6.92 Å². The number of para-hydroxylation sites is 1. The lowest BCUT2D eigenvalue weighted by Gasteiger charge is -2.29. The first-order chi connectivity index (χ1) is 13.0. The Morgan fingerprint density at radius 2 is 2.00 bits per heavy atom. The van der Waals surface area contributed by atoms with E-state index < -0.39 is 6.04 Å². The summed E-state index contributed by atoms with van der Waals surface area (Å²) in [5, 5.41) is 20.3. The predicted octanol–water partition coefficient (Wildman–Crippen LogP) is 3.22. The number of aryl methyl sites for hydroxylation is 1. The fourth-order valence-electron chi connectivity index (χ4n) is 3.29. The van der Waals surface area contributed by atoms with Crippen molar-refractivity contribution in [3.8, 4) is 5.75 Å². The summed E-state index contributed by atoms with van der Waals surface area (Å²) in [5.41, 5.74) is 3.68. The van der Waals surface area contributed by atoms with E-state index in [2.05, 4.69) is 20.7 Å². The summed E-state index contributed by atoms with van der Waals surface area (Å²) < 4.78 is 1.65. The highest BCUT2D eigenvalue weighted by atomic mass is 16.3. The van der Waals surface area contributed by atoms with E-state index in [0.717, 1.165) is 16.8 Å². The fraction of sp³-hybridized carbons (Fsp3) is 0.150. The summed E-state index contributed by atoms with van der Waals surface area (Å²) in [5.74, 6) is 0.445. The molecule has 0 spiro atoms. The van der Waals surface area contributed by atoms with Crippen LogP contribution in [0.1, 0.15) is 24.1 Å². The van der Waals surface area contributed by atoms with Crippen LogP contribution in [0.5, 0.6) is 5.75 Å². The number of aromatic hydroxyl groups is 1. The first kappa shape index (κ1) is 16.8. The highest BCUT2D eigenvalue weighted by Gasteiger charge is 2.33. The van der Waals surface area contributed by atoms with Gasteiger partial charge in [-0.3, -0.25) is 4.79 Å². The molecule has 1 aromatic heterocycles. The SMILES string of the molecule is CC1=C(C(=O)Nc2ccccc2C)C(c2cccc(O)c2)n2ncnc2N1. The van der Waals surface area contributed by atoms with Gasteiger partial charge in [-0.2, -0.15) is 10.1 Å². The summed E-state index contributed by atoms with van der Waals surface area (Å²) in [6, 6.07) is 13.9. The van der Waals surface area contributed by atoms with E-state index in [1.807, 2.05) is 44.2 Å². The average Bonchev–Trinajstić information content (AvgIpc) is 3.10. The third-order valence-electron chi connectivity index (χ3n) is 4.62. The highest BCUT2D eigenvalue weighted by molar-refractivity contribution is 6.06. The minimum absolute atomic E-state index is 0.129. The van der Waals surface area contributed by atoms with Gasteiger partial charge >= 0.3 is 0 Å². The van der Waals surface area contributed by atoms with Gasteiger partial charge in [0.2, 0.25) is 5.95 Å². The number of anilines is 2. The second-order valence-corrected chi connectivity index (χ2v) is 6.46. The van der Waals surface area contributed by atoms with Crippen LogP contribution < -0.4 is 10.6 Å². The molecular weight excluding hydrogens is 342 g/mol. The van der Waals surface area contributed by atoms with Crippen LogP contribution in [0.15, 0.2) is 66.1 Å². The van der Waals surface area contributed by atoms with E-state index in [-0.39, 0.29) is 11.7 Å². The Hall–Kier alpha value is -3.61. The van der Waals surface area contributed by atoms with Gasteiger partial charge in [-0.15, -0.1) is 0 Å². The maximum absolute atomic E-state index is 13.2. The zero-order valence-electron chi connectivity index (χ0n) is 15.0. The topological polar surface area (TPSA) is 92.1 Å². The van der Waals surface area contributed by atoms with Crippen molar-refractivity contribution < 1.29 is 9.90 Å². The molecule has 2 heterocycles. The van der Waals surface area contributed by atoms with Gasteiger partial charge in [-0.05, 0) is 43.2 Å². The molecule has 3 N–H and O–H groups in total. The molecule has 0 fully saturated rings. The Morgan fingerprint density at radius 3 is 2.78 bits per heavy atom. The van der Waals surface area contributed by atoms with Crippen LogP contribution in [0.4, 0.5) is 11.6 Å². The molecule has 7 nitrogen and oxygen atoms in total. The van der Waals surface area contributed by atoms with Gasteiger partial charge in [0.15, 0.2) is 0 Å². The molecule has 136 valence electrons. The molecule has 0 saturated heterocycles. The lowest BCUT2D eigenvalue weighted by molar-refractivity contribution is -0.113. The number of nitrogens with zero attached hydrogens (tertiary/aromatic N) is 3. The number of fused-ring (bicyclic) bond motifs is 1. The Kier molecular flexibility index (Phi) is 4.12. The number of nitrogens with one attached hydrogen (secondary N) is 2. The highest BCUT2D eigenvalue weighted by Crippen LogP contribution is 2.36. The monoisotopic (exact) mass is 361 g/mol. The lowest BCUT2D eigenvalue weighted by Crippen LogP contribution is -2.31. The van der Waals surface area contributed by atoms with Crippen molar-refractivity contribution in [2.75, 3.05) is 10.6 Å². The van der Waals surface area contributed by atoms with Crippen LogP contribution >= 0.6 is 0 Å². The van der Waals surface area contributed by atoms with Crippen LogP contribution in [0.2, 0.25) is 0 Å². The number of carbonyl (C=O) groups is 1. The summed E-state index contributed by atoms with van der Waals surface area (Å²) in [6.45, 7) is 3.78. The second kappa shape index (κ2) is 6.60. The summed E-state index contributed by atoms with van der Waals surface area (Å²) >= 11 is 0. The first-order valence-corrected chi connectivity index (χ1v) is 8.58. The van der Waals surface area contributed by atoms with Gasteiger partial charge in [0.25, 0.3) is 5.91 Å². The van der Waals surface area contributed by atoms with Crippen molar-refractivity contribution in [3.05, 3.63) is 77.3 Å². The van der Waals surface area contributed by atoms with Crippen molar-refractivity contribution in [1.29, 1.82) is 0 Å². The molecule has 2 aromatic carbocycles. The molecule has 0 radical (unpaired) electrons. The maximum atomic E-state index is 13.2. The van der Waals surface area contributed by atoms with E-state index in [1.54, 1.807) is 22.9 Å². The third kappa shape index (κ3) is 3.03. The molecule has 1 unspecified atom stereocenters. The average molecular weight is 361 g/mol. The minimum atomic E-state index is -0.500. The van der Waals surface area contributed by atoms with Crippen molar-refractivity contribution in [2.24, 2.45) is 0 Å². The van der Waals surface area contributed by atoms with Gasteiger partial charge in [-0.1, -0.05) is 30.3 Å². The fourth-order valence-corrected chi connectivity index (χ4v) is 3.29. The zero-order valence-corrected chi connectivity index (χ0v) is 15.0. The summed E-state index contributed by atoms with van der Waals surface area (Å²) in [7, 11) is 0. The molecule has 0 aliphatic carbocycles. The van der Waals surface area contributed by atoms with E-state index in [4.69, 9.17) is 0 Å². The number of hydrogen-bond donors (Lipinski definition) is 3. The molecule has 1 amide bonds. The molecular formula is C20H19N5O2. The number of aromatic nitrogens is 3. The van der Waals surface area contributed by atoms with Crippen molar-refractivity contribution in [3.63, 3.8) is 0 Å². The number of hydrogen-bond acceptors (Lipinski definition) is 5. The largest absolute Gasteiger partial charge is 0.508 e. The molecule has 1 aliphatic heterocycles. The summed E-state index contributed by atoms with van der Waals surface area (Å²) in [6.07, 6.45) is 1.44. The normalized spacial score (nSPS) is 15.9. The number of amides is 1. The molecule has 0 saturated carbocycles. The number of carbonyl (C=O) groups excluding carboxylic acids is 1. The molecule has 1 atom stereocenters. The lowest BCUT2D eigenvalue weighted by atomic mass is 9.94. The number of phenols is 1. The van der Waals surface area contributed by atoms with Crippen LogP contribution in [-0.2, 0) is 4.79 Å². The maximum Gasteiger partial charge on any atom is 0.255 e. The van der Waals surface area contributed by atoms with Crippen LogP contribution in [-0.4, -0.2) is 25.8 Å². The van der Waals surface area contributed by atoms with Crippen molar-refractivity contribution in [1.82, 2.24) is 14.8 Å². The quantitative estimate of drug-likeness (QED) is 0.666. The number of benzene rings is 2. The zero-order chi connectivity index (χ0) is 19.0. The number of phenolic OH excluding ortho intramolecular Hbond substituents is 1. The van der Waals surface area contributed by atoms with E-state index >= 15 is 0 Å². The minimum Gasteiger partial charge on any atom is -0.508 e. The molecule has 4 rings (SSSR count). The number of rotatable bonds is 3. The molecule has 27 heavy (non-hydrogen) atoms. The van der Waals surface area contributed by atoms with Crippen molar-refractivity contribution in [2.45, 2.75) is 19.9 Å². The Morgan fingerprint density at radius 1 is 1.19 bits per heavy atom. The van der Waals surface area contributed by atoms with Gasteiger partial charge < -0.3 is 15.7 Å². The van der Waals surface area contributed by atoms with Crippen LogP contribution in [0.25, 0.3) is 0 Å². The standard InChI is InChI=1S/C20H19N5O2/c1-12-6-3-4-9-16(12)24-19(27)17-13(2)23-20-21-11-22-25(20)18(17)14-7-5-8-15(26)10-14/h3-11,18,26H,1-2H3,(H,24,27)(H,21,22,23). The molecule has 7 heteroatoms. The van der Waals surface area contributed by atoms with E-state index in [0.29, 0.717) is 17.2 Å². The van der Waals surface area contributed by atoms with Crippen LogP contribution in [0.3, 0.4) is 0 Å². The molecule has 1 aliphatic rings. The predicted molar refractivity (Wildman–Crippen MR) is 102 cm³/mol. The van der Waals surface area contributed by atoms with Gasteiger partial charge in [-0.25, -0.2) is 4.68 Å².